The van der Waals surface area contributed by atoms with Gasteiger partial charge in [0.15, 0.2) is 12.2 Å². The van der Waals surface area contributed by atoms with Crippen molar-refractivity contribution in [3.63, 3.8) is 0 Å². The van der Waals surface area contributed by atoms with Gasteiger partial charge in [-0.05, 0) is 70.8 Å². The molecule has 400 valence electrons. The molecule has 4 aromatic carbocycles. The van der Waals surface area contributed by atoms with E-state index in [0.29, 0.717) is 88.0 Å². The molecule has 6 aliphatic rings. The molecule has 4 aromatic rings. The summed E-state index contributed by atoms with van der Waals surface area (Å²) in [6.07, 6.45) is -0.758. The molecule has 2 N–H and O–H groups in total. The maximum atomic E-state index is 13.4. The first-order valence-corrected chi connectivity index (χ1v) is 26.6. The number of ether oxygens (including phenoxy) is 2. The quantitative estimate of drug-likeness (QED) is 0.135. The van der Waals surface area contributed by atoms with Crippen molar-refractivity contribution in [1.29, 1.82) is 0 Å². The van der Waals surface area contributed by atoms with E-state index in [4.69, 9.17) is 9.47 Å². The van der Waals surface area contributed by atoms with Gasteiger partial charge in [0, 0.05) is 152 Å². The molecule has 0 saturated carbocycles. The number of nitrogens with zero attached hydrogens (tertiary/aromatic N) is 8. The van der Waals surface area contributed by atoms with E-state index in [1.807, 2.05) is 109 Å². The Bertz CT molecular complexity index is 2780. The van der Waals surface area contributed by atoms with Crippen LogP contribution in [0.5, 0.6) is 0 Å². The minimum Gasteiger partial charge on any atom is -0.369 e. The summed E-state index contributed by atoms with van der Waals surface area (Å²) in [5.41, 5.74) is 8.47. The highest BCUT2D eigenvalue weighted by atomic mass is 16.5. The van der Waals surface area contributed by atoms with E-state index in [-0.39, 0.29) is 41.6 Å². The summed E-state index contributed by atoms with van der Waals surface area (Å²) in [5, 5.41) is 5.96. The zero-order valence-electron chi connectivity index (χ0n) is 43.8. The summed E-state index contributed by atoms with van der Waals surface area (Å²) < 4.78 is 11.2. The molecule has 2 atom stereocenters. The van der Waals surface area contributed by atoms with Crippen LogP contribution in [0.25, 0.3) is 0 Å². The standard InChI is InChI=1S/C59H66N10O8/c1-76-52(40-9-5-3-6-10-40)58(74)68-36-44-34-60-54(50(44)38-68)62-56(72)42-13-17-46(18-14-42)66-29-25-64(26-30-66)23-21-48(70)33-49(71)22-24-65-27-31-67(32-28-65)47-19-15-43(16-20-47)57(73)63-55-51-39-69(37-45(51)35-61-55)59(75)53(77-2)41-11-7-4-8-12-41/h3-20,52-53H,21-39H2,1-2H3,(H,60,62,72)(H,61,63,73)/t52-,53+. The molecule has 0 aliphatic carbocycles. The van der Waals surface area contributed by atoms with Crippen molar-refractivity contribution >= 4 is 58.2 Å². The van der Waals surface area contributed by atoms with Gasteiger partial charge in [-0.15, -0.1) is 0 Å². The van der Waals surface area contributed by atoms with E-state index in [1.54, 1.807) is 9.80 Å². The number of hydrogen-bond donors (Lipinski definition) is 2. The van der Waals surface area contributed by atoms with Gasteiger partial charge in [0.2, 0.25) is 0 Å². The van der Waals surface area contributed by atoms with E-state index >= 15 is 0 Å². The van der Waals surface area contributed by atoms with Crippen molar-refractivity contribution in [2.75, 3.05) is 129 Å². The number of methoxy groups -OCH3 is 2. The molecule has 77 heavy (non-hydrogen) atoms. The van der Waals surface area contributed by atoms with E-state index in [9.17, 15) is 28.8 Å². The Morgan fingerprint density at radius 1 is 0.494 bits per heavy atom. The molecule has 4 amide bonds. The summed E-state index contributed by atoms with van der Waals surface area (Å²) in [5.74, 6) is 0.212. The third kappa shape index (κ3) is 12.3. The molecular weight excluding hydrogens is 977 g/mol. The van der Waals surface area contributed by atoms with Gasteiger partial charge in [-0.1, -0.05) is 60.7 Å². The van der Waals surface area contributed by atoms with Crippen LogP contribution in [0.4, 0.5) is 11.4 Å². The fraction of sp³-hybridized carbons (Fsp3) is 0.390. The Balaban J connectivity index is 0.586. The lowest BCUT2D eigenvalue weighted by Crippen LogP contribution is -2.47. The maximum Gasteiger partial charge on any atom is 0.256 e. The number of rotatable bonds is 18. The SMILES string of the molecule is CO[C@H](C(=O)N1CC2=C(C1)C(NC(=O)c1ccc(N3CCN(CCC(=O)CC(=O)CCN4CCN(c5ccc(C(=O)NC6=NCC7=C6CN(C(=O)[C@H](OC)c6ccccc6)C7)cc5)CC4)CC3)cc1)=NC2)c1ccccc1. The third-order valence-corrected chi connectivity index (χ3v) is 15.5. The maximum absolute atomic E-state index is 13.4. The zero-order valence-corrected chi connectivity index (χ0v) is 43.8. The fourth-order valence-corrected chi connectivity index (χ4v) is 11.0. The van der Waals surface area contributed by atoms with Crippen LogP contribution in [0.1, 0.15) is 63.3 Å². The smallest absolute Gasteiger partial charge is 0.256 e. The second-order valence-corrected chi connectivity index (χ2v) is 20.3. The van der Waals surface area contributed by atoms with Gasteiger partial charge in [0.25, 0.3) is 23.6 Å². The molecule has 10 rings (SSSR count). The fourth-order valence-electron chi connectivity index (χ4n) is 11.0. The Kier molecular flexibility index (Phi) is 16.5. The van der Waals surface area contributed by atoms with Crippen molar-refractivity contribution in [2.24, 2.45) is 9.98 Å². The van der Waals surface area contributed by atoms with Crippen molar-refractivity contribution in [3.05, 3.63) is 154 Å². The lowest BCUT2D eigenvalue weighted by atomic mass is 10.1. The molecule has 2 saturated heterocycles. The Morgan fingerprint density at radius 3 is 1.23 bits per heavy atom. The number of benzene rings is 4. The Morgan fingerprint density at radius 2 is 0.870 bits per heavy atom. The lowest BCUT2D eigenvalue weighted by molar-refractivity contribution is -0.141. The minimum atomic E-state index is -0.700. The average Bonchev–Trinajstić information content (AvgIpc) is 4.31. The molecule has 0 spiro atoms. The van der Waals surface area contributed by atoms with Crippen LogP contribution in [0.15, 0.2) is 141 Å². The van der Waals surface area contributed by atoms with Crippen LogP contribution in [-0.4, -0.2) is 185 Å². The summed E-state index contributed by atoms with van der Waals surface area (Å²) in [7, 11) is 3.07. The molecule has 6 aliphatic heterocycles. The van der Waals surface area contributed by atoms with Crippen LogP contribution < -0.4 is 20.4 Å². The molecule has 2 fully saturated rings. The van der Waals surface area contributed by atoms with Crippen molar-refractivity contribution in [3.8, 4) is 0 Å². The molecule has 0 unspecified atom stereocenters. The van der Waals surface area contributed by atoms with Gasteiger partial charge < -0.3 is 39.7 Å². The molecule has 18 nitrogen and oxygen atoms in total. The Hall–Kier alpha value is -7.64. The number of aliphatic imine (C=N–C) groups is 2. The first-order chi connectivity index (χ1) is 37.5. The molecule has 6 heterocycles. The van der Waals surface area contributed by atoms with Crippen LogP contribution in [0.3, 0.4) is 0 Å². The number of carbonyl (C=O) groups is 6. The number of carbonyl (C=O) groups excluding carboxylic acids is 6. The molecule has 0 aromatic heterocycles. The average molecular weight is 1040 g/mol. The number of nitrogens with one attached hydrogen (secondary N) is 2. The molecule has 18 heteroatoms. The summed E-state index contributed by atoms with van der Waals surface area (Å²) in [4.78, 5) is 101. The molecule has 0 bridgehead atoms. The predicted octanol–water partition coefficient (Wildman–Crippen LogP) is 4.28. The van der Waals surface area contributed by atoms with Gasteiger partial charge in [-0.3, -0.25) is 48.6 Å². The summed E-state index contributed by atoms with van der Waals surface area (Å²) in [6.45, 7) is 10.0. The normalized spacial score (nSPS) is 18.5. The summed E-state index contributed by atoms with van der Waals surface area (Å²) >= 11 is 0. The summed E-state index contributed by atoms with van der Waals surface area (Å²) in [6, 6.07) is 33.9. The highest BCUT2D eigenvalue weighted by molar-refractivity contribution is 6.15. The van der Waals surface area contributed by atoms with Crippen molar-refractivity contribution in [2.45, 2.75) is 31.5 Å². The second kappa shape index (κ2) is 24.1. The third-order valence-electron chi connectivity index (χ3n) is 15.5. The van der Waals surface area contributed by atoms with Gasteiger partial charge in [0.1, 0.15) is 23.2 Å². The number of amidine groups is 2. The highest BCUT2D eigenvalue weighted by Crippen LogP contribution is 2.30. The number of piperazine rings is 2. The Labute approximate surface area is 449 Å². The van der Waals surface area contributed by atoms with Gasteiger partial charge in [0.05, 0.1) is 19.5 Å². The van der Waals surface area contributed by atoms with Crippen LogP contribution in [0, 0.1) is 0 Å². The molecule has 0 radical (unpaired) electrons. The number of hydrogen-bond acceptors (Lipinski definition) is 14. The highest BCUT2D eigenvalue weighted by Gasteiger charge is 2.37. The van der Waals surface area contributed by atoms with E-state index in [0.717, 1.165) is 97.2 Å². The predicted molar refractivity (Wildman–Crippen MR) is 293 cm³/mol. The van der Waals surface area contributed by atoms with E-state index < -0.39 is 12.2 Å². The number of Topliss-reactive ketones (excluding diaryl/α,β-unsaturated/α-hetero) is 2. The number of ketones is 2. The van der Waals surface area contributed by atoms with Crippen LogP contribution in [-0.2, 0) is 28.7 Å². The topological polar surface area (TPSA) is 189 Å². The number of anilines is 2. The first kappa shape index (κ1) is 52.8. The zero-order chi connectivity index (χ0) is 53.4. The van der Waals surface area contributed by atoms with E-state index in [2.05, 4.69) is 40.2 Å². The van der Waals surface area contributed by atoms with Crippen molar-refractivity contribution in [1.82, 2.24) is 30.2 Å². The van der Waals surface area contributed by atoms with Gasteiger partial charge in [-0.25, -0.2) is 0 Å². The molecular formula is C59H66N10O8. The largest absolute Gasteiger partial charge is 0.369 e. The second-order valence-electron chi connectivity index (χ2n) is 20.3. The van der Waals surface area contributed by atoms with Crippen LogP contribution >= 0.6 is 0 Å². The van der Waals surface area contributed by atoms with E-state index in [1.165, 1.54) is 14.2 Å². The van der Waals surface area contributed by atoms with Crippen LogP contribution in [0.2, 0.25) is 0 Å². The monoisotopic (exact) mass is 1040 g/mol. The van der Waals surface area contributed by atoms with Crippen molar-refractivity contribution < 1.29 is 38.2 Å². The first-order valence-electron chi connectivity index (χ1n) is 26.6. The van der Waals surface area contributed by atoms with Gasteiger partial charge >= 0.3 is 0 Å². The lowest BCUT2D eigenvalue weighted by Gasteiger charge is -2.36. The number of amides is 4. The van der Waals surface area contributed by atoms with Gasteiger partial charge in [-0.2, -0.15) is 0 Å². The minimum absolute atomic E-state index is 0.0271.